The highest BCUT2D eigenvalue weighted by atomic mass is 28.4. The SMILES string of the molecule is C=C/C=c1/c2c(c3c(/c1=C/C)OC(c1ccc(OC)cc1)(c1ccc(OCCOC(C)(C)CC[Si](OC(C)(C)C)(OC(C)(C)C)OC(C)(C)C)cc1)C=C3)C(C)(C)c1cc(C#N)ccc1-2. The van der Waals surface area contributed by atoms with Crippen LogP contribution in [0.2, 0.25) is 6.04 Å². The number of methoxy groups -OCH3 is 1. The monoisotopic (exact) mass is 897 g/mol. The number of rotatable bonds is 15. The van der Waals surface area contributed by atoms with Crippen LogP contribution in [0.15, 0.2) is 85.5 Å². The summed E-state index contributed by atoms with van der Waals surface area (Å²) in [6.45, 7) is 34.0. The van der Waals surface area contributed by atoms with E-state index in [0.29, 0.717) is 31.2 Å². The normalized spacial score (nSPS) is 17.5. The summed E-state index contributed by atoms with van der Waals surface area (Å²) in [5.41, 5.74) is 4.88. The first-order valence-corrected chi connectivity index (χ1v) is 24.8. The molecular weight excluding hydrogens is 827 g/mol. The van der Waals surface area contributed by atoms with Crippen LogP contribution in [0.25, 0.3) is 29.4 Å². The van der Waals surface area contributed by atoms with E-state index in [1.54, 1.807) is 7.11 Å². The van der Waals surface area contributed by atoms with Crippen LogP contribution in [-0.2, 0) is 29.0 Å². The van der Waals surface area contributed by atoms with Gasteiger partial charge in [0.2, 0.25) is 0 Å². The van der Waals surface area contributed by atoms with E-state index in [-0.39, 0.29) is 0 Å². The number of nitriles is 1. The van der Waals surface area contributed by atoms with Crippen molar-refractivity contribution >= 4 is 27.0 Å². The molecule has 9 heteroatoms. The highest BCUT2D eigenvalue weighted by Crippen LogP contribution is 2.53. The number of ether oxygens (including phenoxy) is 4. The van der Waals surface area contributed by atoms with Gasteiger partial charge < -0.3 is 32.2 Å². The van der Waals surface area contributed by atoms with Crippen molar-refractivity contribution in [3.8, 4) is 34.4 Å². The Balaban J connectivity index is 1.27. The molecule has 0 bridgehead atoms. The Morgan fingerprint density at radius 1 is 0.769 bits per heavy atom. The number of hydrogen-bond acceptors (Lipinski definition) is 8. The Labute approximate surface area is 389 Å². The molecule has 0 fully saturated rings. The van der Waals surface area contributed by atoms with Crippen molar-refractivity contribution in [2.75, 3.05) is 20.3 Å². The van der Waals surface area contributed by atoms with Gasteiger partial charge in [-0.05, 0) is 159 Å². The van der Waals surface area contributed by atoms with Gasteiger partial charge in [0.1, 0.15) is 23.9 Å². The molecule has 1 heterocycles. The fraction of sp³-hybridized carbons (Fsp3) is 0.446. The quantitative estimate of drug-likeness (QED) is 0.0861. The molecule has 0 saturated carbocycles. The maximum atomic E-state index is 9.86. The molecule has 4 aromatic carbocycles. The molecule has 0 N–H and O–H groups in total. The molecular formula is C56H71NO7Si. The van der Waals surface area contributed by atoms with E-state index in [0.717, 1.165) is 61.1 Å². The van der Waals surface area contributed by atoms with Crippen molar-refractivity contribution in [1.29, 1.82) is 5.26 Å². The van der Waals surface area contributed by atoms with E-state index in [2.05, 4.69) is 102 Å². The molecule has 4 aromatic rings. The first-order chi connectivity index (χ1) is 30.3. The Morgan fingerprint density at radius 2 is 1.34 bits per heavy atom. The van der Waals surface area contributed by atoms with Gasteiger partial charge in [-0.2, -0.15) is 5.26 Å². The number of nitrogens with zero attached hydrogens (tertiary/aromatic N) is 1. The maximum absolute atomic E-state index is 9.86. The van der Waals surface area contributed by atoms with Crippen LogP contribution in [0, 0.1) is 11.3 Å². The van der Waals surface area contributed by atoms with E-state index in [9.17, 15) is 5.26 Å². The summed E-state index contributed by atoms with van der Waals surface area (Å²) < 4.78 is 46.0. The van der Waals surface area contributed by atoms with E-state index in [1.807, 2.05) is 105 Å². The summed E-state index contributed by atoms with van der Waals surface area (Å²) in [5, 5.41) is 11.9. The Bertz CT molecular complexity index is 2540. The summed E-state index contributed by atoms with van der Waals surface area (Å²) in [7, 11) is -1.50. The predicted octanol–water partition coefficient (Wildman–Crippen LogP) is 11.9. The fourth-order valence-corrected chi connectivity index (χ4v) is 13.3. The van der Waals surface area contributed by atoms with Gasteiger partial charge in [0, 0.05) is 33.4 Å². The third-order valence-corrected chi connectivity index (χ3v) is 15.3. The van der Waals surface area contributed by atoms with Gasteiger partial charge in [0.15, 0.2) is 5.60 Å². The van der Waals surface area contributed by atoms with Crippen molar-refractivity contribution in [2.45, 2.75) is 143 Å². The zero-order valence-electron chi connectivity index (χ0n) is 41.6. The first kappa shape index (κ1) is 49.5. The molecule has 8 nitrogen and oxygen atoms in total. The molecule has 0 spiro atoms. The van der Waals surface area contributed by atoms with E-state index >= 15 is 0 Å². The second-order valence-corrected chi connectivity index (χ2v) is 23.7. The van der Waals surface area contributed by atoms with E-state index < -0.39 is 42.2 Å². The summed E-state index contributed by atoms with van der Waals surface area (Å²) in [5.74, 6) is 2.27. The second kappa shape index (κ2) is 18.4. The Kier molecular flexibility index (Phi) is 14.0. The van der Waals surface area contributed by atoms with Crippen LogP contribution < -0.4 is 24.6 Å². The summed E-state index contributed by atoms with van der Waals surface area (Å²) in [6, 6.07) is 25.2. The number of allylic oxidation sites excluding steroid dienone is 1. The molecule has 346 valence electrons. The highest BCUT2D eigenvalue weighted by Gasteiger charge is 2.51. The van der Waals surface area contributed by atoms with Gasteiger partial charge in [-0.1, -0.05) is 75.1 Å². The fourth-order valence-electron chi connectivity index (χ4n) is 9.17. The van der Waals surface area contributed by atoms with Crippen LogP contribution in [-0.4, -0.2) is 51.5 Å². The van der Waals surface area contributed by atoms with E-state index in [4.69, 9.17) is 32.2 Å². The van der Waals surface area contributed by atoms with Crippen LogP contribution in [0.3, 0.4) is 0 Å². The average molecular weight is 898 g/mol. The molecule has 0 aromatic heterocycles. The lowest BCUT2D eigenvalue weighted by molar-refractivity contribution is -0.0823. The van der Waals surface area contributed by atoms with Crippen LogP contribution >= 0.6 is 0 Å². The largest absolute Gasteiger partial charge is 0.502 e. The third-order valence-electron chi connectivity index (χ3n) is 11.7. The summed E-state index contributed by atoms with van der Waals surface area (Å²) in [6.07, 6.45) is 11.1. The third kappa shape index (κ3) is 10.9. The van der Waals surface area contributed by atoms with Crippen molar-refractivity contribution in [1.82, 2.24) is 0 Å². The number of hydrogen-bond donors (Lipinski definition) is 0. The predicted molar refractivity (Wildman–Crippen MR) is 266 cm³/mol. The number of benzene rings is 4. The summed E-state index contributed by atoms with van der Waals surface area (Å²) >= 11 is 0. The van der Waals surface area contributed by atoms with Crippen molar-refractivity contribution < 1.29 is 32.2 Å². The number of fused-ring (bicyclic) bond motifs is 5. The van der Waals surface area contributed by atoms with Gasteiger partial charge in [0.25, 0.3) is 0 Å². The van der Waals surface area contributed by atoms with Crippen molar-refractivity contribution in [3.05, 3.63) is 129 Å². The zero-order valence-corrected chi connectivity index (χ0v) is 42.6. The van der Waals surface area contributed by atoms with Crippen LogP contribution in [0.1, 0.15) is 137 Å². The average Bonchev–Trinajstić information content (AvgIpc) is 3.45. The molecule has 1 atom stereocenters. The molecule has 65 heavy (non-hydrogen) atoms. The van der Waals surface area contributed by atoms with Gasteiger partial charge in [-0.3, -0.25) is 0 Å². The van der Waals surface area contributed by atoms with Crippen molar-refractivity contribution in [3.63, 3.8) is 0 Å². The van der Waals surface area contributed by atoms with Gasteiger partial charge in [-0.25, -0.2) is 0 Å². The Hall–Kier alpha value is -4.95. The second-order valence-electron chi connectivity index (χ2n) is 21.2. The van der Waals surface area contributed by atoms with Crippen molar-refractivity contribution in [2.24, 2.45) is 0 Å². The zero-order chi connectivity index (χ0) is 47.8. The topological polar surface area (TPSA) is 88.4 Å². The Morgan fingerprint density at radius 3 is 1.85 bits per heavy atom. The summed E-state index contributed by atoms with van der Waals surface area (Å²) in [4.78, 5) is 0. The molecule has 2 aliphatic rings. The lowest BCUT2D eigenvalue weighted by atomic mass is 9.77. The van der Waals surface area contributed by atoms with Gasteiger partial charge in [-0.15, -0.1) is 0 Å². The molecule has 0 amide bonds. The minimum atomic E-state index is -3.18. The van der Waals surface area contributed by atoms with Gasteiger partial charge >= 0.3 is 8.80 Å². The molecule has 1 aliphatic carbocycles. The first-order valence-electron chi connectivity index (χ1n) is 22.8. The minimum absolute atomic E-state index is 0.367. The minimum Gasteiger partial charge on any atom is -0.497 e. The molecule has 0 radical (unpaired) electrons. The lowest BCUT2D eigenvalue weighted by Crippen LogP contribution is -2.57. The van der Waals surface area contributed by atoms with Crippen LogP contribution in [0.4, 0.5) is 0 Å². The molecule has 1 unspecified atom stereocenters. The molecule has 0 saturated heterocycles. The van der Waals surface area contributed by atoms with Crippen LogP contribution in [0.5, 0.6) is 17.2 Å². The van der Waals surface area contributed by atoms with Gasteiger partial charge in [0.05, 0.1) is 47.8 Å². The molecule has 6 rings (SSSR count). The maximum Gasteiger partial charge on any atom is 0.502 e. The smallest absolute Gasteiger partial charge is 0.497 e. The lowest BCUT2D eigenvalue weighted by Gasteiger charge is -2.44. The van der Waals surface area contributed by atoms with E-state index in [1.165, 1.54) is 5.56 Å². The standard InChI is InChI=1S/C56H71NO7Si/c1-17-19-44-43(18-2)50-46(49-48(44)45-29-20-38(37-57)36-47(45)55(49,14)15)30-31-56(61-50,39-21-25-41(58-16)26-22-39)40-23-27-42(28-24-40)59-33-34-60-54(12,13)32-35-65(62-51(3,4)5,63-52(6,7)8)64-53(9,10)11/h17-31,36H,1,32-35H2,2-16H3/b43-18+,44-19+. The molecule has 1 aliphatic heterocycles. The highest BCUT2D eigenvalue weighted by molar-refractivity contribution is 6.61.